The molecule has 0 amide bonds. The molecule has 8 nitrogen and oxygen atoms in total. The Morgan fingerprint density at radius 1 is 1.14 bits per heavy atom. The van der Waals surface area contributed by atoms with Crippen molar-refractivity contribution in [2.45, 2.75) is 34.1 Å². The molecule has 0 radical (unpaired) electrons. The molecule has 0 unspecified atom stereocenters. The first kappa shape index (κ1) is 24.6. The molecule has 0 atom stereocenters. The van der Waals surface area contributed by atoms with E-state index in [1.54, 1.807) is 30.0 Å². The minimum atomic E-state index is -2.78. The van der Waals surface area contributed by atoms with E-state index in [0.717, 1.165) is 27.3 Å². The first-order valence-electron chi connectivity index (χ1n) is 11.1. The third kappa shape index (κ3) is 4.97. The number of alkyl halides is 2. The van der Waals surface area contributed by atoms with Crippen molar-refractivity contribution >= 4 is 29.2 Å². The van der Waals surface area contributed by atoms with Gasteiger partial charge in [-0.3, -0.25) is 14.4 Å². The molecule has 10 heteroatoms. The number of imidazole rings is 1. The summed E-state index contributed by atoms with van der Waals surface area (Å²) in [5, 5.41) is 7.47. The maximum atomic E-state index is 13.7. The lowest BCUT2D eigenvalue weighted by atomic mass is 10.2. The number of rotatable bonds is 8. The molecule has 0 saturated heterocycles. The van der Waals surface area contributed by atoms with Crippen LogP contribution in [0.2, 0.25) is 0 Å². The lowest BCUT2D eigenvalue weighted by Crippen LogP contribution is -2.12. The number of benzene rings is 1. The Morgan fingerprint density at radius 2 is 1.92 bits per heavy atom. The van der Waals surface area contributed by atoms with E-state index in [2.05, 4.69) is 32.1 Å². The molecular weight excluding hydrogens is 464 g/mol. The predicted octanol–water partition coefficient (Wildman–Crippen LogP) is 5.97. The number of nitrogens with zero attached hydrogens (tertiary/aromatic N) is 6. The summed E-state index contributed by atoms with van der Waals surface area (Å²) >= 11 is 0. The summed E-state index contributed by atoms with van der Waals surface area (Å²) in [6, 6.07) is 10.2. The average molecular weight is 490 g/mol. The second-order valence-corrected chi connectivity index (χ2v) is 8.28. The number of hydrogen-bond donors (Lipinski definition) is 1. The van der Waals surface area contributed by atoms with Gasteiger partial charge in [0, 0.05) is 17.1 Å². The largest absolute Gasteiger partial charge is 0.359 e. The van der Waals surface area contributed by atoms with Crippen molar-refractivity contribution in [3.05, 3.63) is 83.2 Å². The van der Waals surface area contributed by atoms with Gasteiger partial charge < -0.3 is 5.32 Å². The summed E-state index contributed by atoms with van der Waals surface area (Å²) in [5.41, 5.74) is 4.28. The zero-order chi connectivity index (χ0) is 26.0. The van der Waals surface area contributed by atoms with Gasteiger partial charge in [-0.2, -0.15) is 5.10 Å². The fourth-order valence-electron chi connectivity index (χ4n) is 3.69. The summed E-state index contributed by atoms with van der Waals surface area (Å²) in [6.45, 7) is 10.3. The minimum absolute atomic E-state index is 0.0432. The van der Waals surface area contributed by atoms with Crippen molar-refractivity contribution < 1.29 is 13.6 Å². The van der Waals surface area contributed by atoms with E-state index in [9.17, 15) is 13.6 Å². The standard InChI is InChI=1S/C26H25F2N7O/c1-15(29-5)6-7-16(2)31-19-8-10-22-21(13-19)30-14-34(22)24-11-9-20(18(4)36)26(32-24)35-23(25(27)28)12-17(3)33-35/h6-14,25,31H,5H2,1-4H3/b15-6-,16-7+. The van der Waals surface area contributed by atoms with Crippen LogP contribution in [0.25, 0.3) is 22.7 Å². The lowest BCUT2D eigenvalue weighted by Gasteiger charge is -2.12. The molecule has 0 spiro atoms. The number of Topliss-reactive ketones (excluding diaryl/α,β-unsaturated/α-hetero) is 1. The van der Waals surface area contributed by atoms with Gasteiger partial charge in [-0.1, -0.05) is 0 Å². The van der Waals surface area contributed by atoms with E-state index in [1.807, 2.05) is 44.2 Å². The van der Waals surface area contributed by atoms with Crippen molar-refractivity contribution in [2.75, 3.05) is 5.32 Å². The van der Waals surface area contributed by atoms with Crippen LogP contribution in [0.5, 0.6) is 0 Å². The molecule has 4 aromatic rings. The Hall–Kier alpha value is -4.47. The van der Waals surface area contributed by atoms with Gasteiger partial charge in [0.25, 0.3) is 6.43 Å². The number of ketones is 1. The Balaban J connectivity index is 1.74. The second-order valence-electron chi connectivity index (χ2n) is 8.28. The van der Waals surface area contributed by atoms with E-state index in [0.29, 0.717) is 17.0 Å². The SMILES string of the molecule is C=N/C(C)=C\C=C(/C)Nc1ccc2c(c1)ncn2-c1ccc(C(C)=O)c(-n2nc(C)cc2C(F)F)n1. The van der Waals surface area contributed by atoms with Crippen molar-refractivity contribution in [3.63, 3.8) is 0 Å². The van der Waals surface area contributed by atoms with Gasteiger partial charge in [0.2, 0.25) is 0 Å². The fraction of sp³-hybridized carbons (Fsp3) is 0.192. The number of hydrogen-bond acceptors (Lipinski definition) is 6. The monoisotopic (exact) mass is 489 g/mol. The van der Waals surface area contributed by atoms with Crippen molar-refractivity contribution in [1.82, 2.24) is 24.3 Å². The molecule has 3 aromatic heterocycles. The summed E-state index contributed by atoms with van der Waals surface area (Å²) in [7, 11) is 0. The third-order valence-corrected chi connectivity index (χ3v) is 5.48. The molecule has 1 aromatic carbocycles. The van der Waals surface area contributed by atoms with Gasteiger partial charge >= 0.3 is 0 Å². The lowest BCUT2D eigenvalue weighted by molar-refractivity contribution is 0.101. The predicted molar refractivity (Wildman–Crippen MR) is 136 cm³/mol. The van der Waals surface area contributed by atoms with Crippen LogP contribution in [-0.4, -0.2) is 36.8 Å². The Labute approximate surface area is 206 Å². The van der Waals surface area contributed by atoms with Crippen molar-refractivity contribution in [3.8, 4) is 11.6 Å². The number of aliphatic imine (C=N–C) groups is 1. The highest BCUT2D eigenvalue weighted by Gasteiger charge is 2.22. The number of carbonyl (C=O) groups is 1. The quantitative estimate of drug-likeness (QED) is 0.187. The van der Waals surface area contributed by atoms with Gasteiger partial charge in [0.1, 0.15) is 17.8 Å². The molecule has 0 fully saturated rings. The first-order chi connectivity index (χ1) is 17.2. The van der Waals surface area contributed by atoms with E-state index >= 15 is 0 Å². The van der Waals surface area contributed by atoms with Gasteiger partial charge in [0.15, 0.2) is 11.6 Å². The summed E-state index contributed by atoms with van der Waals surface area (Å²) in [4.78, 5) is 25.1. The minimum Gasteiger partial charge on any atom is -0.359 e. The Bertz CT molecular complexity index is 1530. The smallest absolute Gasteiger partial charge is 0.280 e. The molecule has 0 aliphatic heterocycles. The molecule has 3 heterocycles. The number of aromatic nitrogens is 5. The van der Waals surface area contributed by atoms with Crippen LogP contribution in [0, 0.1) is 6.92 Å². The van der Waals surface area contributed by atoms with Gasteiger partial charge in [-0.05, 0) is 83.0 Å². The molecule has 184 valence electrons. The number of carbonyl (C=O) groups excluding carboxylic acids is 1. The van der Waals surface area contributed by atoms with Crippen LogP contribution in [0.3, 0.4) is 0 Å². The highest BCUT2D eigenvalue weighted by molar-refractivity contribution is 5.97. The summed E-state index contributed by atoms with van der Waals surface area (Å²) < 4.78 is 30.1. The number of pyridine rings is 1. The summed E-state index contributed by atoms with van der Waals surface area (Å²) in [5.74, 6) is 0.155. The topological polar surface area (TPSA) is 90.0 Å². The van der Waals surface area contributed by atoms with Crippen LogP contribution >= 0.6 is 0 Å². The molecule has 36 heavy (non-hydrogen) atoms. The maximum Gasteiger partial charge on any atom is 0.280 e. The van der Waals surface area contributed by atoms with Crippen molar-refractivity contribution in [1.29, 1.82) is 0 Å². The third-order valence-electron chi connectivity index (χ3n) is 5.48. The molecule has 4 rings (SSSR count). The van der Waals surface area contributed by atoms with E-state index in [4.69, 9.17) is 0 Å². The normalized spacial score (nSPS) is 12.4. The van der Waals surface area contributed by atoms with Gasteiger partial charge in [-0.15, -0.1) is 0 Å². The average Bonchev–Trinajstić information content (AvgIpc) is 3.45. The van der Waals surface area contributed by atoms with E-state index in [-0.39, 0.29) is 22.9 Å². The maximum absolute atomic E-state index is 13.7. The Morgan fingerprint density at radius 3 is 2.61 bits per heavy atom. The van der Waals surface area contributed by atoms with Crippen LogP contribution in [0.4, 0.5) is 14.5 Å². The van der Waals surface area contributed by atoms with Gasteiger partial charge in [-0.25, -0.2) is 23.4 Å². The zero-order valence-electron chi connectivity index (χ0n) is 20.3. The number of nitrogens with one attached hydrogen (secondary N) is 1. The number of halogens is 2. The molecule has 1 N–H and O–H groups in total. The van der Waals surface area contributed by atoms with Gasteiger partial charge in [0.05, 0.1) is 22.3 Å². The van der Waals surface area contributed by atoms with Crippen LogP contribution in [0.15, 0.2) is 71.3 Å². The van der Waals surface area contributed by atoms with E-state index in [1.165, 1.54) is 13.0 Å². The van der Waals surface area contributed by atoms with Crippen LogP contribution < -0.4 is 5.32 Å². The van der Waals surface area contributed by atoms with Crippen molar-refractivity contribution in [2.24, 2.45) is 4.99 Å². The molecule has 0 aliphatic rings. The van der Waals surface area contributed by atoms with Crippen LogP contribution in [-0.2, 0) is 0 Å². The number of fused-ring (bicyclic) bond motifs is 1. The van der Waals surface area contributed by atoms with Crippen LogP contribution in [0.1, 0.15) is 48.9 Å². The van der Waals surface area contributed by atoms with E-state index < -0.39 is 6.43 Å². The number of aryl methyl sites for hydroxylation is 1. The fourth-order valence-corrected chi connectivity index (χ4v) is 3.69. The zero-order valence-corrected chi connectivity index (χ0v) is 20.3. The highest BCUT2D eigenvalue weighted by Crippen LogP contribution is 2.27. The molecule has 0 aliphatic carbocycles. The number of anilines is 1. The number of allylic oxidation sites excluding steroid dienone is 4. The molecule has 0 bridgehead atoms. The molecule has 0 saturated carbocycles. The first-order valence-corrected chi connectivity index (χ1v) is 11.1. The Kier molecular flexibility index (Phi) is 6.86. The molecular formula is C26H25F2N7O. The summed E-state index contributed by atoms with van der Waals surface area (Å²) in [6.07, 6.45) is 2.58. The highest BCUT2D eigenvalue weighted by atomic mass is 19.3. The second kappa shape index (κ2) is 10.0.